The molecule has 0 aromatic carbocycles. The number of rotatable bonds is 13. The fourth-order valence-corrected chi connectivity index (χ4v) is 2.26. The first kappa shape index (κ1) is 26.1. The molecule has 0 rings (SSSR count). The predicted octanol–water partition coefficient (Wildman–Crippen LogP) is 3.62. The summed E-state index contributed by atoms with van der Waals surface area (Å²) >= 11 is 0. The molecule has 6 nitrogen and oxygen atoms in total. The molecule has 0 saturated carbocycles. The average molecular weight is 397 g/mol. The normalized spacial score (nSPS) is 15.0. The molecule has 0 heterocycles. The molecular formula is C22H36O6. The lowest BCUT2D eigenvalue weighted by Gasteiger charge is -2.18. The van der Waals surface area contributed by atoms with Gasteiger partial charge in [-0.25, -0.2) is 0 Å². The summed E-state index contributed by atoms with van der Waals surface area (Å²) in [5.41, 5.74) is -0.177. The fraction of sp³-hybridized carbons (Fsp3) is 0.636. The molecule has 0 unspecified atom stereocenters. The van der Waals surface area contributed by atoms with E-state index < -0.39 is 17.2 Å². The molecule has 0 aliphatic carbocycles. The molecule has 0 aromatic heterocycles. The third-order valence-corrected chi connectivity index (χ3v) is 3.98. The summed E-state index contributed by atoms with van der Waals surface area (Å²) in [7, 11) is 0. The smallest absolute Gasteiger partial charge is 0.309 e. The SMILES string of the molecule is C=C[C@@](C)(O)CC/C=C(/CC/C=C(\C)COC(C)=O)COC(=O)CC(C)(C)O. The van der Waals surface area contributed by atoms with Crippen LogP contribution in [-0.2, 0) is 19.1 Å². The second-order valence-electron chi connectivity index (χ2n) is 7.98. The van der Waals surface area contributed by atoms with Gasteiger partial charge in [-0.15, -0.1) is 6.58 Å². The van der Waals surface area contributed by atoms with E-state index >= 15 is 0 Å². The first-order valence-corrected chi connectivity index (χ1v) is 9.55. The van der Waals surface area contributed by atoms with E-state index in [-0.39, 0.29) is 25.6 Å². The van der Waals surface area contributed by atoms with E-state index in [2.05, 4.69) is 6.58 Å². The summed E-state index contributed by atoms with van der Waals surface area (Å²) < 4.78 is 10.2. The summed E-state index contributed by atoms with van der Waals surface area (Å²) in [4.78, 5) is 22.7. The number of carbonyl (C=O) groups excluding carboxylic acids is 2. The zero-order valence-electron chi connectivity index (χ0n) is 17.9. The van der Waals surface area contributed by atoms with E-state index in [1.54, 1.807) is 20.8 Å². The van der Waals surface area contributed by atoms with Crippen LogP contribution in [0.15, 0.2) is 36.0 Å². The first-order chi connectivity index (χ1) is 12.8. The van der Waals surface area contributed by atoms with Crippen LogP contribution in [0.3, 0.4) is 0 Å². The zero-order valence-corrected chi connectivity index (χ0v) is 17.9. The van der Waals surface area contributed by atoms with Crippen LogP contribution >= 0.6 is 0 Å². The number of aliphatic hydroxyl groups is 2. The molecule has 0 radical (unpaired) electrons. The Hall–Kier alpha value is -1.92. The Morgan fingerprint density at radius 1 is 1.00 bits per heavy atom. The van der Waals surface area contributed by atoms with Crippen LogP contribution in [0.1, 0.15) is 66.7 Å². The molecule has 0 spiro atoms. The summed E-state index contributed by atoms with van der Waals surface area (Å²) in [6.45, 7) is 12.1. The molecule has 0 aliphatic heterocycles. The van der Waals surface area contributed by atoms with Crippen LogP contribution in [-0.4, -0.2) is 46.6 Å². The molecule has 0 fully saturated rings. The van der Waals surface area contributed by atoms with Gasteiger partial charge in [0.2, 0.25) is 0 Å². The van der Waals surface area contributed by atoms with Crippen molar-refractivity contribution in [2.75, 3.05) is 13.2 Å². The lowest BCUT2D eigenvalue weighted by atomic mass is 9.98. The van der Waals surface area contributed by atoms with Crippen LogP contribution in [0.2, 0.25) is 0 Å². The molecule has 0 amide bonds. The van der Waals surface area contributed by atoms with Crippen molar-refractivity contribution in [2.24, 2.45) is 0 Å². The molecular weight excluding hydrogens is 360 g/mol. The lowest BCUT2D eigenvalue weighted by Crippen LogP contribution is -2.25. The maximum Gasteiger partial charge on any atom is 0.309 e. The highest BCUT2D eigenvalue weighted by atomic mass is 16.5. The maximum atomic E-state index is 11.9. The summed E-state index contributed by atoms with van der Waals surface area (Å²) in [5, 5.41) is 19.7. The number of hydrogen-bond donors (Lipinski definition) is 2. The van der Waals surface area contributed by atoms with Crippen molar-refractivity contribution in [3.8, 4) is 0 Å². The molecule has 0 aliphatic rings. The van der Waals surface area contributed by atoms with Gasteiger partial charge < -0.3 is 19.7 Å². The largest absolute Gasteiger partial charge is 0.461 e. The Kier molecular flexibility index (Phi) is 11.7. The van der Waals surface area contributed by atoms with Crippen molar-refractivity contribution < 1.29 is 29.3 Å². The number of allylic oxidation sites excluding steroid dienone is 2. The van der Waals surface area contributed by atoms with Gasteiger partial charge in [-0.1, -0.05) is 18.2 Å². The summed E-state index contributed by atoms with van der Waals surface area (Å²) in [6.07, 6.45) is 7.88. The van der Waals surface area contributed by atoms with E-state index in [1.165, 1.54) is 13.0 Å². The number of carbonyl (C=O) groups is 2. The quantitative estimate of drug-likeness (QED) is 0.365. The zero-order chi connectivity index (χ0) is 21.8. The van der Waals surface area contributed by atoms with E-state index in [0.717, 1.165) is 11.1 Å². The van der Waals surface area contributed by atoms with Crippen LogP contribution in [0, 0.1) is 0 Å². The highest BCUT2D eigenvalue weighted by Crippen LogP contribution is 2.17. The predicted molar refractivity (Wildman–Crippen MR) is 110 cm³/mol. The van der Waals surface area contributed by atoms with Crippen molar-refractivity contribution in [1.29, 1.82) is 0 Å². The van der Waals surface area contributed by atoms with E-state index in [9.17, 15) is 19.8 Å². The van der Waals surface area contributed by atoms with E-state index in [4.69, 9.17) is 9.47 Å². The molecule has 2 N–H and O–H groups in total. The Morgan fingerprint density at radius 3 is 2.18 bits per heavy atom. The van der Waals surface area contributed by atoms with Gasteiger partial charge in [0, 0.05) is 6.92 Å². The molecule has 6 heteroatoms. The molecule has 28 heavy (non-hydrogen) atoms. The molecule has 0 bridgehead atoms. The lowest BCUT2D eigenvalue weighted by molar-refractivity contribution is -0.147. The Morgan fingerprint density at radius 2 is 1.64 bits per heavy atom. The van der Waals surface area contributed by atoms with Crippen molar-refractivity contribution in [1.82, 2.24) is 0 Å². The molecule has 0 saturated heterocycles. The monoisotopic (exact) mass is 396 g/mol. The van der Waals surface area contributed by atoms with Crippen LogP contribution < -0.4 is 0 Å². The average Bonchev–Trinajstić information content (AvgIpc) is 2.55. The number of hydrogen-bond acceptors (Lipinski definition) is 6. The molecule has 1 atom stereocenters. The van der Waals surface area contributed by atoms with Gasteiger partial charge in [0.1, 0.15) is 13.2 Å². The van der Waals surface area contributed by atoms with Crippen molar-refractivity contribution in [2.45, 2.75) is 77.9 Å². The third kappa shape index (κ3) is 15.2. The van der Waals surface area contributed by atoms with E-state index in [1.807, 2.05) is 19.1 Å². The topological polar surface area (TPSA) is 93.1 Å². The Labute approximate surface area is 168 Å². The van der Waals surface area contributed by atoms with Crippen LogP contribution in [0.5, 0.6) is 0 Å². The van der Waals surface area contributed by atoms with E-state index in [0.29, 0.717) is 25.7 Å². The number of esters is 2. The minimum atomic E-state index is -1.11. The molecule has 160 valence electrons. The minimum Gasteiger partial charge on any atom is -0.461 e. The summed E-state index contributed by atoms with van der Waals surface area (Å²) in [5.74, 6) is -0.778. The van der Waals surface area contributed by atoms with Gasteiger partial charge in [-0.3, -0.25) is 9.59 Å². The first-order valence-electron chi connectivity index (χ1n) is 9.55. The van der Waals surface area contributed by atoms with Crippen molar-refractivity contribution in [3.63, 3.8) is 0 Å². The van der Waals surface area contributed by atoms with Gasteiger partial charge in [0.05, 0.1) is 17.6 Å². The van der Waals surface area contributed by atoms with Gasteiger partial charge in [-0.2, -0.15) is 0 Å². The van der Waals surface area contributed by atoms with Gasteiger partial charge >= 0.3 is 11.9 Å². The molecule has 0 aromatic rings. The highest BCUT2D eigenvalue weighted by Gasteiger charge is 2.19. The summed E-state index contributed by atoms with van der Waals surface area (Å²) in [6, 6.07) is 0. The van der Waals surface area contributed by atoms with Crippen molar-refractivity contribution >= 4 is 11.9 Å². The fourth-order valence-electron chi connectivity index (χ4n) is 2.26. The second kappa shape index (κ2) is 12.5. The minimum absolute atomic E-state index is 0.0765. The number of ether oxygens (including phenoxy) is 2. The van der Waals surface area contributed by atoms with Crippen molar-refractivity contribution in [3.05, 3.63) is 36.0 Å². The Balaban J connectivity index is 4.79. The van der Waals surface area contributed by atoms with Gasteiger partial charge in [0.15, 0.2) is 0 Å². The third-order valence-electron chi connectivity index (χ3n) is 3.98. The standard InChI is InChI=1S/C22H36O6/c1-7-22(6,26)13-9-12-19(16-28-20(24)14-21(4,5)25)11-8-10-17(2)15-27-18(3)23/h7,10,12,25-26H,1,8-9,11,13-16H2,2-6H3/b17-10+,19-12-/t22-/m1/s1. The van der Waals surface area contributed by atoms with Gasteiger partial charge in [-0.05, 0) is 64.5 Å². The Bertz CT molecular complexity index is 578. The second-order valence-corrected chi connectivity index (χ2v) is 7.98. The van der Waals surface area contributed by atoms with Crippen LogP contribution in [0.25, 0.3) is 0 Å². The van der Waals surface area contributed by atoms with Gasteiger partial charge in [0.25, 0.3) is 0 Å². The van der Waals surface area contributed by atoms with Crippen LogP contribution in [0.4, 0.5) is 0 Å². The highest BCUT2D eigenvalue weighted by molar-refractivity contribution is 5.70. The maximum absolute atomic E-state index is 11.9.